The molecule has 2 rings (SSSR count). The quantitative estimate of drug-likeness (QED) is 0.825. The fourth-order valence-electron chi connectivity index (χ4n) is 1.04. The van der Waals surface area contributed by atoms with E-state index in [-0.39, 0.29) is 0 Å². The summed E-state index contributed by atoms with van der Waals surface area (Å²) in [5.41, 5.74) is -1.54. The fraction of sp³-hybridized carbons (Fsp3) is 0.125. The molecule has 7 heteroatoms. The van der Waals surface area contributed by atoms with Crippen molar-refractivity contribution in [3.63, 3.8) is 0 Å². The standard InChI is InChI=1S/C8H5ClFN3OS/c9-5(10)7(14)12-8-4-2-1-3-11-6(4)13-15-8/h1-3,5H,(H,12,14). The molecule has 0 aliphatic heterocycles. The lowest BCUT2D eigenvalue weighted by atomic mass is 10.3. The molecule has 1 N–H and O–H groups in total. The van der Waals surface area contributed by atoms with E-state index in [1.54, 1.807) is 18.3 Å². The van der Waals surface area contributed by atoms with Gasteiger partial charge in [-0.25, -0.2) is 9.37 Å². The first-order valence-corrected chi connectivity index (χ1v) is 5.19. The lowest BCUT2D eigenvalue weighted by Gasteiger charge is -2.00. The van der Waals surface area contributed by atoms with Gasteiger partial charge in [0.25, 0.3) is 11.5 Å². The molecule has 0 aromatic carbocycles. The second kappa shape index (κ2) is 4.08. The molecule has 0 spiro atoms. The highest BCUT2D eigenvalue weighted by molar-refractivity contribution is 7.12. The van der Waals surface area contributed by atoms with Gasteiger partial charge in [-0.05, 0) is 23.7 Å². The minimum absolute atomic E-state index is 0.450. The van der Waals surface area contributed by atoms with Gasteiger partial charge in [0.15, 0.2) is 5.65 Å². The summed E-state index contributed by atoms with van der Waals surface area (Å²) < 4.78 is 16.4. The Hall–Kier alpha value is -1.27. The number of fused-ring (bicyclic) bond motifs is 1. The maximum atomic E-state index is 12.4. The molecule has 1 amide bonds. The van der Waals surface area contributed by atoms with Gasteiger partial charge < -0.3 is 5.32 Å². The van der Waals surface area contributed by atoms with Crippen LogP contribution in [0.3, 0.4) is 0 Å². The van der Waals surface area contributed by atoms with Crippen molar-refractivity contribution in [3.05, 3.63) is 18.3 Å². The zero-order chi connectivity index (χ0) is 10.8. The van der Waals surface area contributed by atoms with Gasteiger partial charge in [-0.15, -0.1) is 0 Å². The van der Waals surface area contributed by atoms with E-state index < -0.39 is 11.5 Å². The smallest absolute Gasteiger partial charge is 0.275 e. The number of rotatable bonds is 2. The largest absolute Gasteiger partial charge is 0.312 e. The number of pyridine rings is 1. The average Bonchev–Trinajstić information content (AvgIpc) is 2.62. The van der Waals surface area contributed by atoms with Crippen molar-refractivity contribution < 1.29 is 9.18 Å². The van der Waals surface area contributed by atoms with Crippen molar-refractivity contribution in [2.24, 2.45) is 0 Å². The summed E-state index contributed by atoms with van der Waals surface area (Å²) in [5, 5.41) is 3.46. The van der Waals surface area contributed by atoms with E-state index in [1.165, 1.54) is 0 Å². The Morgan fingerprint density at radius 3 is 3.20 bits per heavy atom. The summed E-state index contributed by atoms with van der Waals surface area (Å²) in [7, 11) is 0. The molecule has 0 aliphatic rings. The molecule has 2 heterocycles. The number of nitrogens with one attached hydrogen (secondary N) is 1. The first kappa shape index (κ1) is 10.3. The Kier molecular flexibility index (Phi) is 2.79. The van der Waals surface area contributed by atoms with E-state index in [1.807, 2.05) is 0 Å². The highest BCUT2D eigenvalue weighted by Gasteiger charge is 2.16. The number of alkyl halides is 2. The van der Waals surface area contributed by atoms with Gasteiger partial charge in [-0.2, -0.15) is 4.37 Å². The van der Waals surface area contributed by atoms with E-state index in [4.69, 9.17) is 11.6 Å². The van der Waals surface area contributed by atoms with Crippen molar-refractivity contribution in [2.75, 3.05) is 5.32 Å². The van der Waals surface area contributed by atoms with Crippen LogP contribution in [0.2, 0.25) is 0 Å². The van der Waals surface area contributed by atoms with Crippen LogP contribution in [0, 0.1) is 0 Å². The van der Waals surface area contributed by atoms with Gasteiger partial charge in [0.1, 0.15) is 5.00 Å². The molecule has 0 saturated heterocycles. The number of nitrogens with zero attached hydrogens (tertiary/aromatic N) is 2. The minimum atomic E-state index is -2.06. The second-order valence-electron chi connectivity index (χ2n) is 2.68. The van der Waals surface area contributed by atoms with E-state index in [0.717, 1.165) is 11.5 Å². The molecule has 0 bridgehead atoms. The number of aromatic nitrogens is 2. The molecule has 1 atom stereocenters. The molecule has 0 aliphatic carbocycles. The van der Waals surface area contributed by atoms with Crippen LogP contribution < -0.4 is 5.32 Å². The van der Waals surface area contributed by atoms with Crippen LogP contribution in [0.15, 0.2) is 18.3 Å². The lowest BCUT2D eigenvalue weighted by molar-refractivity contribution is -0.118. The van der Waals surface area contributed by atoms with Gasteiger partial charge in [0, 0.05) is 6.20 Å². The summed E-state index contributed by atoms with van der Waals surface area (Å²) >= 11 is 6.03. The molecule has 2 aromatic rings. The van der Waals surface area contributed by atoms with E-state index in [9.17, 15) is 9.18 Å². The number of amides is 1. The number of carbonyl (C=O) groups is 1. The zero-order valence-corrected chi connectivity index (χ0v) is 8.85. The van der Waals surface area contributed by atoms with Gasteiger partial charge in [-0.1, -0.05) is 11.6 Å². The molecule has 1 unspecified atom stereocenters. The molecule has 0 fully saturated rings. The molecular formula is C8H5ClFN3OS. The zero-order valence-electron chi connectivity index (χ0n) is 7.28. The van der Waals surface area contributed by atoms with Crippen LogP contribution in [0.5, 0.6) is 0 Å². The van der Waals surface area contributed by atoms with Crippen molar-refractivity contribution >= 4 is 45.1 Å². The van der Waals surface area contributed by atoms with Crippen LogP contribution in [0.1, 0.15) is 0 Å². The van der Waals surface area contributed by atoms with Gasteiger partial charge in [0.05, 0.1) is 5.39 Å². The normalized spacial score (nSPS) is 12.7. The van der Waals surface area contributed by atoms with Crippen LogP contribution in [0.25, 0.3) is 11.0 Å². The Morgan fingerprint density at radius 2 is 2.47 bits per heavy atom. The first-order valence-electron chi connectivity index (χ1n) is 3.98. The SMILES string of the molecule is O=C(Nc1snc2ncccc12)C(F)Cl. The maximum absolute atomic E-state index is 12.4. The third kappa shape index (κ3) is 2.05. The third-order valence-electron chi connectivity index (χ3n) is 1.69. The second-order valence-corrected chi connectivity index (χ2v) is 3.83. The Labute approximate surface area is 93.2 Å². The predicted octanol–water partition coefficient (Wildman–Crippen LogP) is 2.16. The van der Waals surface area contributed by atoms with E-state index >= 15 is 0 Å². The lowest BCUT2D eigenvalue weighted by Crippen LogP contribution is -2.18. The third-order valence-corrected chi connectivity index (χ3v) is 2.66. The summed E-state index contributed by atoms with van der Waals surface area (Å²) in [6, 6.07) is 3.45. The molecule has 0 radical (unpaired) electrons. The summed E-state index contributed by atoms with van der Waals surface area (Å²) in [4.78, 5) is 15.0. The Balaban J connectivity index is 2.33. The van der Waals surface area contributed by atoms with E-state index in [0.29, 0.717) is 16.0 Å². The van der Waals surface area contributed by atoms with Crippen molar-refractivity contribution in [3.8, 4) is 0 Å². The first-order chi connectivity index (χ1) is 7.18. The molecule has 78 valence electrons. The van der Waals surface area contributed by atoms with Crippen LogP contribution in [0.4, 0.5) is 9.39 Å². The monoisotopic (exact) mass is 245 g/mol. The maximum Gasteiger partial charge on any atom is 0.275 e. The number of anilines is 1. The predicted molar refractivity (Wildman–Crippen MR) is 56.8 cm³/mol. The Bertz CT molecular complexity index is 501. The highest BCUT2D eigenvalue weighted by Crippen LogP contribution is 2.26. The number of carbonyl (C=O) groups excluding carboxylic acids is 1. The van der Waals surface area contributed by atoms with Crippen molar-refractivity contribution in [1.29, 1.82) is 0 Å². The fourth-order valence-corrected chi connectivity index (χ4v) is 1.82. The number of hydrogen-bond donors (Lipinski definition) is 1. The molecule has 0 saturated carbocycles. The van der Waals surface area contributed by atoms with Crippen LogP contribution >= 0.6 is 23.1 Å². The van der Waals surface area contributed by atoms with Gasteiger partial charge in [0.2, 0.25) is 0 Å². The number of hydrogen-bond acceptors (Lipinski definition) is 4. The van der Waals surface area contributed by atoms with Crippen molar-refractivity contribution in [2.45, 2.75) is 5.63 Å². The Morgan fingerprint density at radius 1 is 1.67 bits per heavy atom. The van der Waals surface area contributed by atoms with Gasteiger partial charge in [-0.3, -0.25) is 4.79 Å². The summed E-state index contributed by atoms with van der Waals surface area (Å²) in [6.07, 6.45) is 1.59. The van der Waals surface area contributed by atoms with Gasteiger partial charge >= 0.3 is 0 Å². The number of halogens is 2. The average molecular weight is 246 g/mol. The van der Waals surface area contributed by atoms with Crippen LogP contribution in [-0.2, 0) is 4.79 Å². The molecule has 15 heavy (non-hydrogen) atoms. The molecule has 2 aromatic heterocycles. The van der Waals surface area contributed by atoms with E-state index in [2.05, 4.69) is 14.7 Å². The minimum Gasteiger partial charge on any atom is -0.312 e. The summed E-state index contributed by atoms with van der Waals surface area (Å²) in [6.45, 7) is 0. The molecule has 4 nitrogen and oxygen atoms in total. The molecular weight excluding hydrogens is 241 g/mol. The van der Waals surface area contributed by atoms with Crippen molar-refractivity contribution in [1.82, 2.24) is 9.36 Å². The summed E-state index contributed by atoms with van der Waals surface area (Å²) in [5.74, 6) is -0.897. The topological polar surface area (TPSA) is 54.9 Å². The highest BCUT2D eigenvalue weighted by atomic mass is 35.5. The van der Waals surface area contributed by atoms with Crippen LogP contribution in [-0.4, -0.2) is 20.9 Å².